The highest BCUT2D eigenvalue weighted by Crippen LogP contribution is 2.49. The predicted molar refractivity (Wildman–Crippen MR) is 199 cm³/mol. The van der Waals surface area contributed by atoms with E-state index in [-0.39, 0.29) is 17.0 Å². The van der Waals surface area contributed by atoms with Crippen LogP contribution in [0.5, 0.6) is 0 Å². The Balaban J connectivity index is 1.85. The molecule has 6 nitrogen and oxygen atoms in total. The molecule has 0 saturated carbocycles. The molecule has 3 N–H and O–H groups in total. The summed E-state index contributed by atoms with van der Waals surface area (Å²) in [5.74, 6) is -0.510. The number of unbranched alkanes of at least 4 members (excludes halogenated alkanes) is 23. The maximum atomic E-state index is 14.4. The third-order valence-corrected chi connectivity index (χ3v) is 10.8. The third kappa shape index (κ3) is 14.7. The average Bonchev–Trinajstić information content (AvgIpc) is 3.20. The molecule has 276 valence electrons. The third-order valence-electron chi connectivity index (χ3n) is 10.8. The monoisotopic (exact) mass is 662 g/mol. The van der Waals surface area contributed by atoms with Crippen LogP contribution in [0.4, 0.5) is 0 Å². The number of nitrogens with zero attached hydrogens (tertiary/aromatic N) is 1. The Kier molecular flexibility index (Phi) is 19.5. The van der Waals surface area contributed by atoms with Crippen LogP contribution in [0.3, 0.4) is 0 Å². The first kappa shape index (κ1) is 42.0. The van der Waals surface area contributed by atoms with Crippen molar-refractivity contribution < 1.29 is 14.3 Å². The topological polar surface area (TPSA) is 84.7 Å². The maximum Gasteiger partial charge on any atom is 0.271 e. The van der Waals surface area contributed by atoms with Gasteiger partial charge in [-0.25, -0.2) is 0 Å². The van der Waals surface area contributed by atoms with Crippen LogP contribution < -0.4 is 11.1 Å². The minimum absolute atomic E-state index is 0.0177. The minimum atomic E-state index is -1.34. The van der Waals surface area contributed by atoms with Gasteiger partial charge in [0.15, 0.2) is 5.60 Å². The molecule has 1 atom stereocenters. The van der Waals surface area contributed by atoms with Crippen molar-refractivity contribution in [1.29, 1.82) is 0 Å². The van der Waals surface area contributed by atoms with Crippen LogP contribution in [0.1, 0.15) is 221 Å². The van der Waals surface area contributed by atoms with Crippen molar-refractivity contribution in [3.8, 4) is 0 Å². The van der Waals surface area contributed by atoms with Gasteiger partial charge in [0.1, 0.15) is 0 Å². The lowest BCUT2D eigenvalue weighted by molar-refractivity contribution is -0.184. The van der Waals surface area contributed by atoms with Gasteiger partial charge in [-0.3, -0.25) is 9.59 Å². The highest BCUT2D eigenvalue weighted by Gasteiger charge is 2.66. The van der Waals surface area contributed by atoms with E-state index in [0.717, 1.165) is 32.1 Å². The summed E-state index contributed by atoms with van der Waals surface area (Å²) in [4.78, 5) is 29.5. The van der Waals surface area contributed by atoms with Crippen molar-refractivity contribution in [3.63, 3.8) is 0 Å². The second-order valence-corrected chi connectivity index (χ2v) is 16.8. The SMILES string of the molecule is CCCCCCCCCCCCCCCCCCN1C(=O)C2(CC(C)(C)NC(C)(C)C2)OC1(CCCCCCCCCCC)C(N)=O. The Morgan fingerprint density at radius 3 is 1.32 bits per heavy atom. The zero-order valence-corrected chi connectivity index (χ0v) is 32.3. The molecule has 2 fully saturated rings. The Hall–Kier alpha value is -1.14. The lowest BCUT2D eigenvalue weighted by Gasteiger charge is -2.50. The molecule has 0 aromatic heterocycles. The van der Waals surface area contributed by atoms with Crippen molar-refractivity contribution in [2.45, 2.75) is 244 Å². The highest BCUT2D eigenvalue weighted by atomic mass is 16.6. The maximum absolute atomic E-state index is 14.4. The number of primary amides is 1. The molecular formula is C41H79N3O3. The zero-order chi connectivity index (χ0) is 34.7. The van der Waals surface area contributed by atoms with Crippen LogP contribution in [0, 0.1) is 0 Å². The number of hydrogen-bond donors (Lipinski definition) is 2. The molecule has 2 aliphatic heterocycles. The van der Waals surface area contributed by atoms with Gasteiger partial charge in [0.05, 0.1) is 0 Å². The normalized spacial score (nSPS) is 21.6. The van der Waals surface area contributed by atoms with E-state index in [4.69, 9.17) is 10.5 Å². The molecule has 0 radical (unpaired) electrons. The van der Waals surface area contributed by atoms with Crippen LogP contribution in [-0.2, 0) is 14.3 Å². The van der Waals surface area contributed by atoms with Crippen LogP contribution in [0.15, 0.2) is 0 Å². The first-order valence-electron chi connectivity index (χ1n) is 20.6. The van der Waals surface area contributed by atoms with Gasteiger partial charge in [-0.1, -0.05) is 162 Å². The molecule has 1 spiro atoms. The minimum Gasteiger partial charge on any atom is -0.365 e. The Labute approximate surface area is 291 Å². The van der Waals surface area contributed by atoms with E-state index in [1.165, 1.54) is 128 Å². The van der Waals surface area contributed by atoms with Crippen LogP contribution >= 0.6 is 0 Å². The number of nitrogens with two attached hydrogens (primary N) is 1. The number of rotatable bonds is 28. The largest absolute Gasteiger partial charge is 0.365 e. The van der Waals surface area contributed by atoms with E-state index in [0.29, 0.717) is 25.8 Å². The predicted octanol–water partition coefficient (Wildman–Crippen LogP) is 10.9. The van der Waals surface area contributed by atoms with E-state index in [1.807, 2.05) is 0 Å². The summed E-state index contributed by atoms with van der Waals surface area (Å²) in [6.45, 7) is 13.6. The summed E-state index contributed by atoms with van der Waals surface area (Å²) in [7, 11) is 0. The number of hydrogen-bond acceptors (Lipinski definition) is 4. The van der Waals surface area contributed by atoms with Gasteiger partial charge in [0.2, 0.25) is 5.72 Å². The van der Waals surface area contributed by atoms with Gasteiger partial charge in [-0.15, -0.1) is 0 Å². The summed E-state index contributed by atoms with van der Waals surface area (Å²) >= 11 is 0. The lowest BCUT2D eigenvalue weighted by atomic mass is 9.72. The number of carbonyl (C=O) groups is 2. The van der Waals surface area contributed by atoms with Crippen molar-refractivity contribution >= 4 is 11.8 Å². The number of nitrogens with one attached hydrogen (secondary N) is 1. The van der Waals surface area contributed by atoms with Gasteiger partial charge < -0.3 is 20.7 Å². The molecule has 0 bridgehead atoms. The number of piperidine rings is 1. The molecule has 2 aliphatic rings. The Morgan fingerprint density at radius 2 is 0.957 bits per heavy atom. The standard InChI is InChI=1S/C41H79N3O3/c1-7-9-11-13-15-17-18-19-20-21-22-23-25-27-29-31-33-44-37(46)40(34-38(3,4)43-39(5,6)35-40)47-41(44,36(42)45)32-30-28-26-24-16-14-12-10-8-2/h43H,7-35H2,1-6H3,(H2,42,45). The molecule has 0 aromatic rings. The van der Waals surface area contributed by atoms with Crippen molar-refractivity contribution in [2.24, 2.45) is 5.73 Å². The van der Waals surface area contributed by atoms with E-state index in [9.17, 15) is 9.59 Å². The summed E-state index contributed by atoms with van der Waals surface area (Å²) in [6.07, 6.45) is 33.3. The van der Waals surface area contributed by atoms with Crippen molar-refractivity contribution in [3.05, 3.63) is 0 Å². The molecule has 2 saturated heterocycles. The van der Waals surface area contributed by atoms with Crippen molar-refractivity contribution in [2.75, 3.05) is 6.54 Å². The van der Waals surface area contributed by atoms with Crippen molar-refractivity contribution in [1.82, 2.24) is 10.2 Å². The van der Waals surface area contributed by atoms with Gasteiger partial charge in [-0.2, -0.15) is 0 Å². The Bertz CT molecular complexity index is 856. The second-order valence-electron chi connectivity index (χ2n) is 16.8. The molecule has 1 unspecified atom stereocenters. The molecule has 2 rings (SSSR count). The van der Waals surface area contributed by atoms with Gasteiger partial charge in [-0.05, 0) is 40.5 Å². The van der Waals surface area contributed by atoms with E-state index in [2.05, 4.69) is 46.9 Å². The second kappa shape index (κ2) is 21.8. The quantitative estimate of drug-likeness (QED) is 0.0817. The highest BCUT2D eigenvalue weighted by molar-refractivity contribution is 5.96. The van der Waals surface area contributed by atoms with E-state index >= 15 is 0 Å². The average molecular weight is 662 g/mol. The number of carbonyl (C=O) groups excluding carboxylic acids is 2. The van der Waals surface area contributed by atoms with E-state index < -0.39 is 17.2 Å². The molecular weight excluding hydrogens is 582 g/mol. The Morgan fingerprint density at radius 1 is 0.617 bits per heavy atom. The first-order chi connectivity index (χ1) is 22.4. The summed E-state index contributed by atoms with van der Waals surface area (Å²) in [5.41, 5.74) is 3.28. The summed E-state index contributed by atoms with van der Waals surface area (Å²) < 4.78 is 6.85. The van der Waals surface area contributed by atoms with Gasteiger partial charge in [0, 0.05) is 36.9 Å². The van der Waals surface area contributed by atoms with Crippen LogP contribution in [0.2, 0.25) is 0 Å². The molecule has 0 aliphatic carbocycles. The molecule has 6 heteroatoms. The number of amides is 2. The fourth-order valence-corrected chi connectivity index (χ4v) is 8.82. The molecule has 47 heavy (non-hydrogen) atoms. The van der Waals surface area contributed by atoms with Crippen LogP contribution in [0.25, 0.3) is 0 Å². The summed E-state index contributed by atoms with van der Waals surface area (Å²) in [5, 5.41) is 3.69. The van der Waals surface area contributed by atoms with Crippen LogP contribution in [-0.4, -0.2) is 45.7 Å². The fourth-order valence-electron chi connectivity index (χ4n) is 8.82. The lowest BCUT2D eigenvalue weighted by Crippen LogP contribution is -2.65. The summed E-state index contributed by atoms with van der Waals surface area (Å²) in [6, 6.07) is 0. The van der Waals surface area contributed by atoms with E-state index in [1.54, 1.807) is 4.90 Å². The smallest absolute Gasteiger partial charge is 0.271 e. The fraction of sp³-hybridized carbons (Fsp3) is 0.951. The molecule has 2 heterocycles. The molecule has 2 amide bonds. The first-order valence-corrected chi connectivity index (χ1v) is 20.6. The molecule has 0 aromatic carbocycles. The zero-order valence-electron chi connectivity index (χ0n) is 32.3. The number of ether oxygens (including phenoxy) is 1. The van der Waals surface area contributed by atoms with Gasteiger partial charge >= 0.3 is 0 Å². The van der Waals surface area contributed by atoms with Gasteiger partial charge in [0.25, 0.3) is 11.8 Å².